The average molecular weight is 461 g/mol. The molecule has 4 aromatic rings. The van der Waals surface area contributed by atoms with E-state index >= 15 is 0 Å². The summed E-state index contributed by atoms with van der Waals surface area (Å²) in [5, 5.41) is 3.61. The van der Waals surface area contributed by atoms with Gasteiger partial charge in [0.05, 0.1) is 45.8 Å². The molecule has 0 aromatic carbocycles. The Kier molecular flexibility index (Phi) is 5.29. The standard InChI is InChI=1S/C23H20N6O3S/c1-33(31,32)18-6-16(8-24-11-18)23(30)27-10-17-7-20-15(9-26-17)4-5-19(28-20)22-13-25-12-21(29-22)14-2-3-14/h4-9,11-14H,2-3,10H2,1H3,(H,27,30). The van der Waals surface area contributed by atoms with Gasteiger partial charge in [0.25, 0.3) is 5.91 Å². The second kappa shape index (κ2) is 8.28. The molecular weight excluding hydrogens is 440 g/mol. The molecule has 9 nitrogen and oxygen atoms in total. The monoisotopic (exact) mass is 460 g/mol. The number of sulfone groups is 1. The number of nitrogens with one attached hydrogen (secondary N) is 1. The highest BCUT2D eigenvalue weighted by Crippen LogP contribution is 2.39. The maximum atomic E-state index is 12.5. The molecule has 4 heterocycles. The number of amides is 1. The van der Waals surface area contributed by atoms with Crippen molar-refractivity contribution in [2.24, 2.45) is 0 Å². The van der Waals surface area contributed by atoms with Gasteiger partial charge in [0, 0.05) is 42.3 Å². The van der Waals surface area contributed by atoms with Crippen molar-refractivity contribution in [2.75, 3.05) is 6.26 Å². The minimum absolute atomic E-state index is 0.00966. The highest BCUT2D eigenvalue weighted by Gasteiger charge is 2.25. The molecule has 1 N–H and O–H groups in total. The second-order valence-corrected chi connectivity index (χ2v) is 10.0. The van der Waals surface area contributed by atoms with Gasteiger partial charge < -0.3 is 5.32 Å². The lowest BCUT2D eigenvalue weighted by Crippen LogP contribution is -2.23. The van der Waals surface area contributed by atoms with Crippen LogP contribution in [-0.2, 0) is 16.4 Å². The molecule has 1 saturated carbocycles. The number of carbonyl (C=O) groups is 1. The van der Waals surface area contributed by atoms with Crippen LogP contribution in [0.15, 0.2) is 60.1 Å². The molecule has 1 fully saturated rings. The number of aromatic nitrogens is 5. The molecule has 0 atom stereocenters. The van der Waals surface area contributed by atoms with Gasteiger partial charge in [0.1, 0.15) is 5.69 Å². The normalized spacial score (nSPS) is 13.7. The number of hydrogen-bond donors (Lipinski definition) is 1. The van der Waals surface area contributed by atoms with Crippen LogP contribution in [0.5, 0.6) is 0 Å². The molecule has 0 spiro atoms. The molecule has 1 aliphatic carbocycles. The fourth-order valence-electron chi connectivity index (χ4n) is 3.40. The summed E-state index contributed by atoms with van der Waals surface area (Å²) < 4.78 is 23.4. The fraction of sp³-hybridized carbons (Fsp3) is 0.217. The van der Waals surface area contributed by atoms with E-state index in [2.05, 4.69) is 20.3 Å². The largest absolute Gasteiger partial charge is 0.346 e. The van der Waals surface area contributed by atoms with E-state index in [0.717, 1.165) is 47.1 Å². The van der Waals surface area contributed by atoms with E-state index in [0.29, 0.717) is 11.6 Å². The average Bonchev–Trinajstić information content (AvgIpc) is 3.67. The summed E-state index contributed by atoms with van der Waals surface area (Å²) in [7, 11) is -3.45. The van der Waals surface area contributed by atoms with E-state index < -0.39 is 15.7 Å². The summed E-state index contributed by atoms with van der Waals surface area (Å²) in [6.45, 7) is 0.154. The Morgan fingerprint density at radius 3 is 2.61 bits per heavy atom. The van der Waals surface area contributed by atoms with Crippen LogP contribution in [-0.4, -0.2) is 45.5 Å². The lowest BCUT2D eigenvalue weighted by molar-refractivity contribution is 0.0950. The van der Waals surface area contributed by atoms with Crippen LogP contribution in [0, 0.1) is 0 Å². The number of pyridine rings is 3. The molecule has 0 unspecified atom stereocenters. The minimum Gasteiger partial charge on any atom is -0.346 e. The summed E-state index contributed by atoms with van der Waals surface area (Å²) in [5.74, 6) is 0.0643. The SMILES string of the molecule is CS(=O)(=O)c1cncc(C(=O)NCc2cc3nc(-c4cncc(C5CC5)n4)ccc3cn2)c1. The van der Waals surface area contributed by atoms with E-state index in [9.17, 15) is 13.2 Å². The molecule has 5 rings (SSSR count). The van der Waals surface area contributed by atoms with Crippen molar-refractivity contribution in [3.63, 3.8) is 0 Å². The fourth-order valence-corrected chi connectivity index (χ4v) is 3.99. The molecule has 0 saturated heterocycles. The zero-order chi connectivity index (χ0) is 23.0. The maximum Gasteiger partial charge on any atom is 0.253 e. The summed E-state index contributed by atoms with van der Waals surface area (Å²) in [5.41, 5.74) is 3.96. The summed E-state index contributed by atoms with van der Waals surface area (Å²) in [6, 6.07) is 6.94. The van der Waals surface area contributed by atoms with Gasteiger partial charge in [-0.15, -0.1) is 0 Å². The van der Waals surface area contributed by atoms with Gasteiger partial charge in [-0.2, -0.15) is 0 Å². The predicted octanol–water partition coefficient (Wildman–Crippen LogP) is 2.69. The molecule has 0 bridgehead atoms. The number of rotatable bonds is 6. The molecule has 0 radical (unpaired) electrons. The highest BCUT2D eigenvalue weighted by molar-refractivity contribution is 7.90. The first-order valence-corrected chi connectivity index (χ1v) is 12.3. The van der Waals surface area contributed by atoms with Crippen molar-refractivity contribution >= 4 is 26.6 Å². The lowest BCUT2D eigenvalue weighted by atomic mass is 10.2. The Bertz CT molecular complexity index is 1480. The van der Waals surface area contributed by atoms with Crippen LogP contribution in [0.25, 0.3) is 22.3 Å². The van der Waals surface area contributed by atoms with Gasteiger partial charge in [0.15, 0.2) is 9.84 Å². The van der Waals surface area contributed by atoms with Crippen molar-refractivity contribution in [3.8, 4) is 11.4 Å². The van der Waals surface area contributed by atoms with Crippen LogP contribution in [0.2, 0.25) is 0 Å². The molecule has 4 aromatic heterocycles. The molecule has 1 amide bonds. The molecule has 166 valence electrons. The van der Waals surface area contributed by atoms with Gasteiger partial charge in [-0.1, -0.05) is 0 Å². The van der Waals surface area contributed by atoms with E-state index in [1.54, 1.807) is 12.4 Å². The van der Waals surface area contributed by atoms with Gasteiger partial charge in [-0.3, -0.25) is 19.7 Å². The van der Waals surface area contributed by atoms with E-state index in [1.165, 1.54) is 18.5 Å². The van der Waals surface area contributed by atoms with Crippen LogP contribution in [0.4, 0.5) is 0 Å². The Labute approximate surface area is 190 Å². The van der Waals surface area contributed by atoms with Crippen LogP contribution >= 0.6 is 0 Å². The second-order valence-electron chi connectivity index (χ2n) is 8.03. The number of carbonyl (C=O) groups excluding carboxylic acids is 1. The first kappa shape index (κ1) is 21.1. The van der Waals surface area contributed by atoms with Crippen molar-refractivity contribution in [2.45, 2.75) is 30.2 Å². The van der Waals surface area contributed by atoms with E-state index in [4.69, 9.17) is 9.97 Å². The van der Waals surface area contributed by atoms with E-state index in [1.807, 2.05) is 24.4 Å². The van der Waals surface area contributed by atoms with Gasteiger partial charge >= 0.3 is 0 Å². The Morgan fingerprint density at radius 2 is 1.82 bits per heavy atom. The predicted molar refractivity (Wildman–Crippen MR) is 121 cm³/mol. The first-order chi connectivity index (χ1) is 15.9. The molecule has 1 aliphatic rings. The molecular formula is C23H20N6O3S. The number of fused-ring (bicyclic) bond motifs is 1. The van der Waals surface area contributed by atoms with Crippen LogP contribution in [0.3, 0.4) is 0 Å². The zero-order valence-corrected chi connectivity index (χ0v) is 18.6. The van der Waals surface area contributed by atoms with Crippen molar-refractivity contribution < 1.29 is 13.2 Å². The minimum atomic E-state index is -3.45. The van der Waals surface area contributed by atoms with Gasteiger partial charge in [0.2, 0.25) is 0 Å². The smallest absolute Gasteiger partial charge is 0.253 e. The molecule has 33 heavy (non-hydrogen) atoms. The molecule has 0 aliphatic heterocycles. The van der Waals surface area contributed by atoms with E-state index in [-0.39, 0.29) is 17.0 Å². The third-order valence-corrected chi connectivity index (χ3v) is 6.45. The summed E-state index contributed by atoms with van der Waals surface area (Å²) in [4.78, 5) is 34.4. The lowest BCUT2D eigenvalue weighted by Gasteiger charge is -2.08. The topological polar surface area (TPSA) is 128 Å². The quantitative estimate of drug-likeness (QED) is 0.465. The maximum absolute atomic E-state index is 12.5. The Hall–Kier alpha value is -3.79. The van der Waals surface area contributed by atoms with Gasteiger partial charge in [-0.25, -0.2) is 18.4 Å². The number of nitrogens with zero attached hydrogens (tertiary/aromatic N) is 5. The third-order valence-electron chi connectivity index (χ3n) is 5.38. The first-order valence-electron chi connectivity index (χ1n) is 10.4. The van der Waals surface area contributed by atoms with Crippen molar-refractivity contribution in [3.05, 3.63) is 72.2 Å². The zero-order valence-electron chi connectivity index (χ0n) is 17.8. The van der Waals surface area contributed by atoms with Gasteiger partial charge in [-0.05, 0) is 37.1 Å². The highest BCUT2D eigenvalue weighted by atomic mass is 32.2. The van der Waals surface area contributed by atoms with Crippen molar-refractivity contribution in [1.29, 1.82) is 0 Å². The third kappa shape index (κ3) is 4.70. The number of hydrogen-bond acceptors (Lipinski definition) is 8. The van der Waals surface area contributed by atoms with Crippen LogP contribution < -0.4 is 5.32 Å². The summed E-state index contributed by atoms with van der Waals surface area (Å²) >= 11 is 0. The molecule has 10 heteroatoms. The Balaban J connectivity index is 1.35. The van der Waals surface area contributed by atoms with Crippen molar-refractivity contribution in [1.82, 2.24) is 30.2 Å². The summed E-state index contributed by atoms with van der Waals surface area (Å²) in [6.07, 6.45) is 11.1. The van der Waals surface area contributed by atoms with Crippen LogP contribution in [0.1, 0.15) is 40.5 Å². The Morgan fingerprint density at radius 1 is 1.00 bits per heavy atom.